The molecule has 47 heavy (non-hydrogen) atoms. The van der Waals surface area contributed by atoms with E-state index < -0.39 is 0 Å². The Bertz CT molecular complexity index is 1930. The normalized spacial score (nSPS) is 11.0. The molecule has 248 valence electrons. The molecule has 0 unspecified atom stereocenters. The van der Waals surface area contributed by atoms with Crippen LogP contribution in [-0.4, -0.2) is 61.9 Å². The Morgan fingerprint density at radius 2 is 1.28 bits per heavy atom. The first kappa shape index (κ1) is 35.7. The first-order valence-corrected chi connectivity index (χ1v) is 17.6. The van der Waals surface area contributed by atoms with Crippen molar-refractivity contribution in [2.75, 3.05) is 17.8 Å². The molecular formula is C32H39ClN10O2S2. The second-order valence-electron chi connectivity index (χ2n) is 10.9. The number of phenols is 2. The molecule has 0 amide bonds. The van der Waals surface area contributed by atoms with Gasteiger partial charge in [0, 0.05) is 24.2 Å². The van der Waals surface area contributed by atoms with Crippen LogP contribution in [0, 0.1) is 0 Å². The molecule has 0 saturated heterocycles. The van der Waals surface area contributed by atoms with Crippen molar-refractivity contribution in [1.82, 2.24) is 39.2 Å². The van der Waals surface area contributed by atoms with Crippen LogP contribution in [0.4, 0.5) is 5.95 Å². The van der Waals surface area contributed by atoms with E-state index in [1.54, 1.807) is 45.6 Å². The summed E-state index contributed by atoms with van der Waals surface area (Å²) < 4.78 is 3.30. The molecule has 6 aromatic rings. The lowest BCUT2D eigenvalue weighted by Gasteiger charge is -2.10. The Hall–Kier alpha value is -4.11. The predicted octanol–water partition coefficient (Wildman–Crippen LogP) is 6.76. The molecule has 2 aromatic carbocycles. The van der Waals surface area contributed by atoms with Crippen molar-refractivity contribution in [1.29, 1.82) is 0 Å². The van der Waals surface area contributed by atoms with Gasteiger partial charge in [0.1, 0.15) is 11.5 Å². The zero-order valence-electron chi connectivity index (χ0n) is 27.1. The second-order valence-corrected chi connectivity index (χ2v) is 12.8. The van der Waals surface area contributed by atoms with E-state index in [4.69, 9.17) is 22.4 Å². The standard InChI is InChI=1S/C16H19N5OS.C9H11ClN4S.C7H9NO/c1-10(2)13-9-18-21-14(13)19-16(23-3)20-15(21)17-8-11-5-4-6-12(22)7-11;1-5(2)6-4-11-14-7(6)12-9(15-3)13-8(14)10;8-5-6-2-1-3-7(9)4-6/h4-7,9-10,22H,8H2,1-3H3,(H,17,19,20);4-5H,1-3H3;1-4,9H,5,8H2. The number of halogens is 1. The van der Waals surface area contributed by atoms with Gasteiger partial charge in [-0.15, -0.1) is 0 Å². The Balaban J connectivity index is 0.000000178. The monoisotopic (exact) mass is 694 g/mol. The summed E-state index contributed by atoms with van der Waals surface area (Å²) in [5, 5.41) is 32.0. The minimum Gasteiger partial charge on any atom is -0.508 e. The molecule has 15 heteroatoms. The molecule has 0 radical (unpaired) electrons. The van der Waals surface area contributed by atoms with Crippen molar-refractivity contribution < 1.29 is 10.2 Å². The van der Waals surface area contributed by atoms with Gasteiger partial charge in [0.25, 0.3) is 0 Å². The minimum atomic E-state index is 0.253. The fourth-order valence-corrected chi connectivity index (χ4v) is 5.33. The lowest BCUT2D eigenvalue weighted by Crippen LogP contribution is -2.09. The quantitative estimate of drug-likeness (QED) is 0.124. The number of rotatable bonds is 8. The van der Waals surface area contributed by atoms with Crippen molar-refractivity contribution in [2.45, 2.75) is 62.9 Å². The number of nitrogens with one attached hydrogen (secondary N) is 1. The van der Waals surface area contributed by atoms with Crippen LogP contribution >= 0.6 is 35.1 Å². The lowest BCUT2D eigenvalue weighted by molar-refractivity contribution is 0.474. The lowest BCUT2D eigenvalue weighted by atomic mass is 10.1. The summed E-state index contributed by atoms with van der Waals surface area (Å²) in [5.41, 5.74) is 11.1. The topological polar surface area (TPSA) is 165 Å². The van der Waals surface area contributed by atoms with Crippen molar-refractivity contribution in [2.24, 2.45) is 5.73 Å². The van der Waals surface area contributed by atoms with Gasteiger partial charge in [0.2, 0.25) is 11.2 Å². The van der Waals surface area contributed by atoms with Gasteiger partial charge >= 0.3 is 0 Å². The van der Waals surface area contributed by atoms with Crippen LogP contribution in [0.15, 0.2) is 71.2 Å². The Kier molecular flexibility index (Phi) is 12.6. The fraction of sp³-hybridized carbons (Fsp3) is 0.312. The van der Waals surface area contributed by atoms with E-state index in [9.17, 15) is 5.11 Å². The molecule has 6 rings (SSSR count). The molecule has 0 saturated carbocycles. The van der Waals surface area contributed by atoms with Gasteiger partial charge in [0.15, 0.2) is 21.6 Å². The van der Waals surface area contributed by atoms with Crippen molar-refractivity contribution >= 4 is 52.4 Å². The van der Waals surface area contributed by atoms with Gasteiger partial charge in [-0.1, -0.05) is 75.5 Å². The van der Waals surface area contributed by atoms with E-state index in [0.717, 1.165) is 33.5 Å². The number of benzene rings is 2. The summed E-state index contributed by atoms with van der Waals surface area (Å²) in [5.74, 6) is 1.90. The van der Waals surface area contributed by atoms with Crippen molar-refractivity contribution in [3.8, 4) is 11.5 Å². The summed E-state index contributed by atoms with van der Waals surface area (Å²) >= 11 is 8.97. The molecule has 0 atom stereocenters. The van der Waals surface area contributed by atoms with E-state index in [1.165, 1.54) is 23.5 Å². The van der Waals surface area contributed by atoms with Gasteiger partial charge < -0.3 is 21.3 Å². The largest absolute Gasteiger partial charge is 0.508 e. The number of aromatic hydroxyl groups is 2. The number of fused-ring (bicyclic) bond motifs is 2. The fourth-order valence-electron chi connectivity index (χ4n) is 4.36. The van der Waals surface area contributed by atoms with E-state index >= 15 is 0 Å². The Morgan fingerprint density at radius 1 is 0.766 bits per heavy atom. The molecular weight excluding hydrogens is 656 g/mol. The summed E-state index contributed by atoms with van der Waals surface area (Å²) in [6.07, 6.45) is 7.52. The number of hydrogen-bond acceptors (Lipinski definition) is 12. The number of nitrogens with zero attached hydrogens (tertiary/aromatic N) is 8. The smallest absolute Gasteiger partial charge is 0.228 e. The second kappa shape index (κ2) is 16.6. The molecule has 0 aliphatic carbocycles. The molecule has 0 aliphatic heterocycles. The molecule has 12 nitrogen and oxygen atoms in total. The van der Waals surface area contributed by atoms with Gasteiger partial charge in [-0.2, -0.15) is 29.2 Å². The minimum absolute atomic E-state index is 0.253. The first-order valence-electron chi connectivity index (χ1n) is 14.8. The maximum atomic E-state index is 9.55. The van der Waals surface area contributed by atoms with Crippen LogP contribution in [0.2, 0.25) is 5.28 Å². The highest BCUT2D eigenvalue weighted by Crippen LogP contribution is 2.24. The predicted molar refractivity (Wildman–Crippen MR) is 190 cm³/mol. The molecule has 4 aromatic heterocycles. The van der Waals surface area contributed by atoms with E-state index in [-0.39, 0.29) is 11.5 Å². The third-order valence-electron chi connectivity index (χ3n) is 6.83. The molecule has 0 fully saturated rings. The van der Waals surface area contributed by atoms with Gasteiger partial charge in [-0.05, 0) is 71.3 Å². The number of anilines is 1. The van der Waals surface area contributed by atoms with Crippen LogP contribution in [-0.2, 0) is 13.1 Å². The van der Waals surface area contributed by atoms with E-state index in [2.05, 4.69) is 63.1 Å². The molecule has 5 N–H and O–H groups in total. The number of thioether (sulfide) groups is 2. The van der Waals surface area contributed by atoms with Crippen LogP contribution < -0.4 is 11.1 Å². The maximum absolute atomic E-state index is 9.55. The summed E-state index contributed by atoms with van der Waals surface area (Å²) in [6.45, 7) is 9.48. The zero-order chi connectivity index (χ0) is 34.1. The molecule has 0 aliphatic rings. The highest BCUT2D eigenvalue weighted by Gasteiger charge is 2.15. The third-order valence-corrected chi connectivity index (χ3v) is 8.17. The average Bonchev–Trinajstić information content (AvgIpc) is 3.69. The summed E-state index contributed by atoms with van der Waals surface area (Å²) in [4.78, 5) is 17.6. The highest BCUT2D eigenvalue weighted by molar-refractivity contribution is 7.98. The van der Waals surface area contributed by atoms with Crippen molar-refractivity contribution in [3.05, 3.63) is 88.5 Å². The van der Waals surface area contributed by atoms with Gasteiger partial charge in [-0.3, -0.25) is 0 Å². The number of hydrogen-bond donors (Lipinski definition) is 4. The Labute approximate surface area is 287 Å². The molecule has 0 bridgehead atoms. The number of aromatic nitrogens is 8. The summed E-state index contributed by atoms with van der Waals surface area (Å²) in [7, 11) is 0. The average molecular weight is 695 g/mol. The van der Waals surface area contributed by atoms with Gasteiger partial charge in [-0.25, -0.2) is 9.97 Å². The maximum Gasteiger partial charge on any atom is 0.228 e. The van der Waals surface area contributed by atoms with Crippen LogP contribution in [0.25, 0.3) is 11.3 Å². The highest BCUT2D eigenvalue weighted by atomic mass is 35.5. The molecule has 0 spiro atoms. The van der Waals surface area contributed by atoms with Crippen LogP contribution in [0.1, 0.15) is 61.8 Å². The Morgan fingerprint density at radius 3 is 1.79 bits per heavy atom. The summed E-state index contributed by atoms with van der Waals surface area (Å²) in [6, 6.07) is 14.1. The zero-order valence-corrected chi connectivity index (χ0v) is 29.5. The van der Waals surface area contributed by atoms with Crippen molar-refractivity contribution in [3.63, 3.8) is 0 Å². The number of phenolic OH excluding ortho intramolecular Hbond substituents is 2. The van der Waals surface area contributed by atoms with Crippen LogP contribution in [0.5, 0.6) is 11.5 Å². The van der Waals surface area contributed by atoms with Crippen LogP contribution in [0.3, 0.4) is 0 Å². The molecule has 4 heterocycles. The first-order chi connectivity index (χ1) is 22.5. The van der Waals surface area contributed by atoms with Gasteiger partial charge in [0.05, 0.1) is 12.4 Å². The number of nitrogens with two attached hydrogens (primary N) is 1. The SMILES string of the molecule is CSc1nc(Cl)n2ncc(C(C)C)c2n1.CSc1nc(NCc2cccc(O)c2)n2ncc(C(C)C)c2n1.NCc1cccc(O)c1. The third kappa shape index (κ3) is 9.25. The van der Waals surface area contributed by atoms with E-state index in [1.807, 2.05) is 36.9 Å². The van der Waals surface area contributed by atoms with E-state index in [0.29, 0.717) is 46.5 Å².